The smallest absolute Gasteiger partial charge is 0.168 e. The fourth-order valence-electron chi connectivity index (χ4n) is 2.60. The van der Waals surface area contributed by atoms with Gasteiger partial charge >= 0.3 is 0 Å². The lowest BCUT2D eigenvalue weighted by Crippen LogP contribution is -1.82. The molecule has 1 aliphatic heterocycles. The zero-order valence-electron chi connectivity index (χ0n) is 13.2. The van der Waals surface area contributed by atoms with Crippen molar-refractivity contribution in [1.29, 1.82) is 0 Å². The van der Waals surface area contributed by atoms with E-state index in [1.54, 1.807) is 6.08 Å². The zero-order valence-corrected chi connectivity index (χ0v) is 13.2. The van der Waals surface area contributed by atoms with E-state index in [9.17, 15) is 0 Å². The van der Waals surface area contributed by atoms with Crippen LogP contribution in [0.1, 0.15) is 90.4 Å². The summed E-state index contributed by atoms with van der Waals surface area (Å²) in [6.45, 7) is 2.27. The molecule has 0 amide bonds. The predicted molar refractivity (Wildman–Crippen MR) is 85.6 cm³/mol. The number of hydrogen-bond donors (Lipinski definition) is 1. The Bertz CT molecular complexity index is 292. The summed E-state index contributed by atoms with van der Waals surface area (Å²) in [5.74, 6) is 1.94. The van der Waals surface area contributed by atoms with E-state index in [0.717, 1.165) is 24.2 Å². The molecule has 0 bridgehead atoms. The molecule has 2 nitrogen and oxygen atoms in total. The fourth-order valence-corrected chi connectivity index (χ4v) is 2.60. The van der Waals surface area contributed by atoms with Crippen molar-refractivity contribution in [2.24, 2.45) is 0 Å². The van der Waals surface area contributed by atoms with E-state index in [0.29, 0.717) is 0 Å². The zero-order chi connectivity index (χ0) is 14.5. The normalized spacial score (nSPS) is 14.1. The topological polar surface area (TPSA) is 32.8 Å². The lowest BCUT2D eigenvalue weighted by atomic mass is 10.0. The van der Waals surface area contributed by atoms with Gasteiger partial charge in [0.1, 0.15) is 5.76 Å². The molecule has 0 fully saturated rings. The minimum Gasteiger partial charge on any atom is -0.515 e. The summed E-state index contributed by atoms with van der Waals surface area (Å²) < 4.78 is 5.24. The van der Waals surface area contributed by atoms with Gasteiger partial charge in [-0.3, -0.25) is 0 Å². The number of aliphatic hydroxyl groups is 1. The maximum atomic E-state index is 8.57. The molecule has 1 N–H and O–H groups in total. The molecule has 1 rings (SSSR count). The van der Waals surface area contributed by atoms with Gasteiger partial charge in [-0.2, -0.15) is 0 Å². The number of hydrogen-bond acceptors (Lipinski definition) is 2. The highest BCUT2D eigenvalue weighted by atomic mass is 16.6. The van der Waals surface area contributed by atoms with Crippen LogP contribution in [0.5, 0.6) is 0 Å². The average molecular weight is 280 g/mol. The molecule has 0 aromatic carbocycles. The Hall–Kier alpha value is -0.920. The second-order valence-electron chi connectivity index (χ2n) is 5.84. The first-order valence-corrected chi connectivity index (χ1v) is 8.60. The molecule has 20 heavy (non-hydrogen) atoms. The quantitative estimate of drug-likeness (QED) is 0.295. The van der Waals surface area contributed by atoms with Crippen LogP contribution in [0.15, 0.2) is 23.9 Å². The van der Waals surface area contributed by atoms with Crippen molar-refractivity contribution in [2.75, 3.05) is 0 Å². The summed E-state index contributed by atoms with van der Waals surface area (Å²) in [5, 5.41) is 8.57. The number of unbranched alkanes of at least 4 members (excludes halogenated alkanes) is 11. The molecular formula is C18H32O2. The highest BCUT2D eigenvalue weighted by molar-refractivity contribution is 5.27. The van der Waals surface area contributed by atoms with Gasteiger partial charge in [-0.1, -0.05) is 77.6 Å². The van der Waals surface area contributed by atoms with Gasteiger partial charge in [0.15, 0.2) is 5.76 Å². The Kier molecular flexibility index (Phi) is 10.2. The minimum atomic E-state index is 0.871. The van der Waals surface area contributed by atoms with Crippen molar-refractivity contribution < 1.29 is 9.84 Å². The summed E-state index contributed by atoms with van der Waals surface area (Å²) in [6, 6.07) is 0. The van der Waals surface area contributed by atoms with Crippen LogP contribution in [0.3, 0.4) is 0 Å². The van der Waals surface area contributed by atoms with E-state index in [2.05, 4.69) is 6.92 Å². The van der Waals surface area contributed by atoms with Gasteiger partial charge < -0.3 is 9.84 Å². The lowest BCUT2D eigenvalue weighted by molar-refractivity contribution is 0.444. The van der Waals surface area contributed by atoms with Crippen LogP contribution in [0, 0.1) is 0 Å². The Morgan fingerprint density at radius 1 is 0.800 bits per heavy atom. The highest BCUT2D eigenvalue weighted by Crippen LogP contribution is 2.31. The van der Waals surface area contributed by atoms with Crippen molar-refractivity contribution >= 4 is 0 Å². The molecule has 0 aromatic rings. The molecule has 0 aromatic heterocycles. The molecule has 0 spiro atoms. The average Bonchev–Trinajstić information content (AvgIpc) is 3.19. The first-order chi connectivity index (χ1) is 9.88. The molecule has 1 aliphatic rings. The standard InChI is InChI=1S/C18H32O2/c1-2-3-4-5-6-7-8-9-10-11-12-13-14-17-18(20-17)15-16-19/h15-16,19H,2-14H2,1H3. The maximum Gasteiger partial charge on any atom is 0.168 e. The van der Waals surface area contributed by atoms with Crippen molar-refractivity contribution in [3.8, 4) is 0 Å². The first-order valence-electron chi connectivity index (χ1n) is 8.60. The molecule has 0 aliphatic carbocycles. The third-order valence-corrected chi connectivity index (χ3v) is 3.95. The second-order valence-corrected chi connectivity index (χ2v) is 5.84. The van der Waals surface area contributed by atoms with Gasteiger partial charge in [-0.05, 0) is 6.42 Å². The Labute approximate surface area is 124 Å². The molecule has 0 radical (unpaired) electrons. The van der Waals surface area contributed by atoms with Crippen molar-refractivity contribution in [3.05, 3.63) is 23.9 Å². The van der Waals surface area contributed by atoms with Crippen LogP contribution >= 0.6 is 0 Å². The van der Waals surface area contributed by atoms with Crippen LogP contribution in [0.4, 0.5) is 0 Å². The van der Waals surface area contributed by atoms with E-state index in [1.165, 1.54) is 77.0 Å². The summed E-state index contributed by atoms with van der Waals surface area (Å²) in [7, 11) is 0. The molecule has 1 heterocycles. The molecule has 0 unspecified atom stereocenters. The summed E-state index contributed by atoms with van der Waals surface area (Å²) >= 11 is 0. The predicted octanol–water partition coefficient (Wildman–Crippen LogP) is 6.39. The van der Waals surface area contributed by atoms with E-state index in [-0.39, 0.29) is 0 Å². The lowest BCUT2D eigenvalue weighted by Gasteiger charge is -2.02. The third kappa shape index (κ3) is 9.06. The molecule has 0 saturated heterocycles. The SMILES string of the molecule is CCCCCCCCCCCCCCC1=C(C=CO)O1. The fraction of sp³-hybridized carbons (Fsp3) is 0.778. The highest BCUT2D eigenvalue weighted by Gasteiger charge is 2.20. The van der Waals surface area contributed by atoms with Crippen LogP contribution in [-0.2, 0) is 4.74 Å². The van der Waals surface area contributed by atoms with Crippen LogP contribution in [0.25, 0.3) is 0 Å². The van der Waals surface area contributed by atoms with E-state index in [1.807, 2.05) is 0 Å². The van der Waals surface area contributed by atoms with E-state index in [4.69, 9.17) is 9.84 Å². The van der Waals surface area contributed by atoms with E-state index < -0.39 is 0 Å². The van der Waals surface area contributed by atoms with Gasteiger partial charge in [0.2, 0.25) is 0 Å². The van der Waals surface area contributed by atoms with E-state index >= 15 is 0 Å². The number of rotatable bonds is 14. The van der Waals surface area contributed by atoms with Gasteiger partial charge in [0, 0.05) is 12.5 Å². The third-order valence-electron chi connectivity index (χ3n) is 3.95. The summed E-state index contributed by atoms with van der Waals surface area (Å²) in [5.41, 5.74) is 0. The molecule has 116 valence electrons. The van der Waals surface area contributed by atoms with Crippen molar-refractivity contribution in [3.63, 3.8) is 0 Å². The Morgan fingerprint density at radius 3 is 1.80 bits per heavy atom. The Balaban J connectivity index is 1.73. The van der Waals surface area contributed by atoms with Crippen molar-refractivity contribution in [1.82, 2.24) is 0 Å². The number of aliphatic hydroxyl groups excluding tert-OH is 1. The molecular weight excluding hydrogens is 248 g/mol. The summed E-state index contributed by atoms with van der Waals surface area (Å²) in [6.07, 6.45) is 20.3. The van der Waals surface area contributed by atoms with Crippen molar-refractivity contribution in [2.45, 2.75) is 90.4 Å². The summed E-state index contributed by atoms with van der Waals surface area (Å²) in [4.78, 5) is 0. The van der Waals surface area contributed by atoms with Gasteiger partial charge in [-0.25, -0.2) is 0 Å². The number of allylic oxidation sites excluding steroid dienone is 2. The first kappa shape index (κ1) is 17.1. The van der Waals surface area contributed by atoms with Gasteiger partial charge in [-0.15, -0.1) is 0 Å². The van der Waals surface area contributed by atoms with Gasteiger partial charge in [0.05, 0.1) is 6.26 Å². The molecule has 0 saturated carbocycles. The minimum absolute atomic E-state index is 0.871. The Morgan fingerprint density at radius 2 is 1.30 bits per heavy atom. The molecule has 0 atom stereocenters. The van der Waals surface area contributed by atoms with Gasteiger partial charge in [0.25, 0.3) is 0 Å². The van der Waals surface area contributed by atoms with Crippen LogP contribution < -0.4 is 0 Å². The monoisotopic (exact) mass is 280 g/mol. The van der Waals surface area contributed by atoms with Crippen LogP contribution in [-0.4, -0.2) is 5.11 Å². The maximum absolute atomic E-state index is 8.57. The number of ether oxygens (including phenoxy) is 1. The second kappa shape index (κ2) is 11.9. The van der Waals surface area contributed by atoms with Crippen LogP contribution in [0.2, 0.25) is 0 Å². The largest absolute Gasteiger partial charge is 0.515 e. The molecule has 2 heteroatoms.